The van der Waals surface area contributed by atoms with Crippen LogP contribution in [0.25, 0.3) is 22.3 Å². The molecule has 0 aliphatic heterocycles. The Balaban J connectivity index is 2.35. The Hall–Kier alpha value is -1.87. The van der Waals surface area contributed by atoms with Gasteiger partial charge in [0.15, 0.2) is 0 Å². The van der Waals surface area contributed by atoms with Gasteiger partial charge >= 0.3 is 0 Å². The van der Waals surface area contributed by atoms with Crippen LogP contribution in [0, 0.1) is 0 Å². The van der Waals surface area contributed by atoms with E-state index in [2.05, 4.69) is 9.97 Å². The van der Waals surface area contributed by atoms with E-state index in [9.17, 15) is 0 Å². The maximum absolute atomic E-state index is 6.11. The summed E-state index contributed by atoms with van der Waals surface area (Å²) in [4.78, 5) is 8.60. The van der Waals surface area contributed by atoms with Crippen molar-refractivity contribution < 1.29 is 0 Å². The van der Waals surface area contributed by atoms with E-state index in [1.165, 1.54) is 0 Å². The third-order valence-corrected chi connectivity index (χ3v) is 3.17. The second-order valence-electron chi connectivity index (χ2n) is 3.85. The molecule has 0 bridgehead atoms. The highest BCUT2D eigenvalue weighted by atomic mass is 35.5. The number of aryl methyl sites for hydroxylation is 1. The predicted molar refractivity (Wildman–Crippen MR) is 69.0 cm³/mol. The van der Waals surface area contributed by atoms with Crippen molar-refractivity contribution in [3.05, 3.63) is 47.9 Å². The van der Waals surface area contributed by atoms with E-state index in [1.807, 2.05) is 48.0 Å². The van der Waals surface area contributed by atoms with Gasteiger partial charge in [-0.05, 0) is 6.07 Å². The lowest BCUT2D eigenvalue weighted by Crippen LogP contribution is -1.92. The molecule has 0 aliphatic carbocycles. The predicted octanol–water partition coefficient (Wildman–Crippen LogP) is 3.29. The molecule has 1 aromatic carbocycles. The maximum atomic E-state index is 6.11. The largest absolute Gasteiger partial charge is 0.319 e. The van der Waals surface area contributed by atoms with Gasteiger partial charge in [0, 0.05) is 18.0 Å². The van der Waals surface area contributed by atoms with E-state index < -0.39 is 0 Å². The van der Waals surface area contributed by atoms with Crippen LogP contribution in [0.4, 0.5) is 0 Å². The number of benzene rings is 1. The highest BCUT2D eigenvalue weighted by Crippen LogP contribution is 2.28. The van der Waals surface area contributed by atoms with Crippen LogP contribution in [-0.4, -0.2) is 14.5 Å². The summed E-state index contributed by atoms with van der Waals surface area (Å²) in [6.45, 7) is 0. The van der Waals surface area contributed by atoms with Crippen molar-refractivity contribution in [2.75, 3.05) is 0 Å². The van der Waals surface area contributed by atoms with Crippen molar-refractivity contribution in [3.63, 3.8) is 0 Å². The second-order valence-corrected chi connectivity index (χ2v) is 4.24. The average Bonchev–Trinajstić information content (AvgIpc) is 2.67. The van der Waals surface area contributed by atoms with Crippen LogP contribution >= 0.6 is 11.6 Å². The molecule has 0 fully saturated rings. The molecule has 3 nitrogen and oxygen atoms in total. The van der Waals surface area contributed by atoms with Gasteiger partial charge in [0.2, 0.25) is 0 Å². The SMILES string of the molecule is Cn1c(Cl)cc2c(-c3ccccc3)ncnc21. The summed E-state index contributed by atoms with van der Waals surface area (Å²) in [5, 5.41) is 1.64. The Labute approximate surface area is 104 Å². The van der Waals surface area contributed by atoms with Crippen molar-refractivity contribution in [3.8, 4) is 11.3 Å². The van der Waals surface area contributed by atoms with Crippen molar-refractivity contribution in [2.24, 2.45) is 7.05 Å². The molecular weight excluding hydrogens is 234 g/mol. The highest BCUT2D eigenvalue weighted by molar-refractivity contribution is 6.31. The quantitative estimate of drug-likeness (QED) is 0.657. The summed E-state index contributed by atoms with van der Waals surface area (Å²) in [6.07, 6.45) is 1.57. The van der Waals surface area contributed by atoms with Gasteiger partial charge in [0.25, 0.3) is 0 Å². The summed E-state index contributed by atoms with van der Waals surface area (Å²) in [7, 11) is 1.90. The summed E-state index contributed by atoms with van der Waals surface area (Å²) < 4.78 is 1.85. The molecule has 0 radical (unpaired) electrons. The molecule has 3 rings (SSSR count). The van der Waals surface area contributed by atoms with E-state index in [-0.39, 0.29) is 0 Å². The third-order valence-electron chi connectivity index (χ3n) is 2.81. The van der Waals surface area contributed by atoms with E-state index in [0.29, 0.717) is 5.15 Å². The van der Waals surface area contributed by atoms with Gasteiger partial charge < -0.3 is 4.57 Å². The Kier molecular flexibility index (Phi) is 2.34. The third kappa shape index (κ3) is 1.59. The van der Waals surface area contributed by atoms with E-state index in [1.54, 1.807) is 6.33 Å². The average molecular weight is 244 g/mol. The number of rotatable bonds is 1. The Bertz CT molecular complexity index is 674. The molecule has 0 amide bonds. The van der Waals surface area contributed by atoms with E-state index >= 15 is 0 Å². The molecular formula is C13H10ClN3. The van der Waals surface area contributed by atoms with Gasteiger partial charge in [0.05, 0.1) is 5.69 Å². The molecule has 0 aliphatic rings. The molecule has 2 aromatic heterocycles. The van der Waals surface area contributed by atoms with Crippen LogP contribution in [0.15, 0.2) is 42.7 Å². The van der Waals surface area contributed by atoms with E-state index in [0.717, 1.165) is 22.3 Å². The lowest BCUT2D eigenvalue weighted by atomic mass is 10.1. The molecule has 0 saturated heterocycles. The normalized spacial score (nSPS) is 10.9. The fourth-order valence-electron chi connectivity index (χ4n) is 1.93. The lowest BCUT2D eigenvalue weighted by molar-refractivity contribution is 0.945. The number of halogens is 1. The Morgan fingerprint density at radius 3 is 2.65 bits per heavy atom. The fourth-order valence-corrected chi connectivity index (χ4v) is 2.12. The molecule has 0 atom stereocenters. The summed E-state index contributed by atoms with van der Waals surface area (Å²) in [5.41, 5.74) is 2.84. The van der Waals surface area contributed by atoms with Gasteiger partial charge in [-0.2, -0.15) is 0 Å². The molecule has 0 spiro atoms. The zero-order valence-corrected chi connectivity index (χ0v) is 10.0. The number of fused-ring (bicyclic) bond motifs is 1. The van der Waals surface area contributed by atoms with Crippen molar-refractivity contribution in [1.82, 2.24) is 14.5 Å². The number of aromatic nitrogens is 3. The van der Waals surface area contributed by atoms with Crippen LogP contribution in [0.3, 0.4) is 0 Å². The molecule has 2 heterocycles. The van der Waals surface area contributed by atoms with Gasteiger partial charge in [-0.15, -0.1) is 0 Å². The molecule has 4 heteroatoms. The van der Waals surface area contributed by atoms with Crippen LogP contribution in [0.1, 0.15) is 0 Å². The minimum absolute atomic E-state index is 0.665. The van der Waals surface area contributed by atoms with Crippen LogP contribution < -0.4 is 0 Å². The van der Waals surface area contributed by atoms with Crippen molar-refractivity contribution in [2.45, 2.75) is 0 Å². The minimum Gasteiger partial charge on any atom is -0.319 e. The zero-order valence-electron chi connectivity index (χ0n) is 9.26. The molecule has 3 aromatic rings. The first-order valence-corrected chi connectivity index (χ1v) is 5.66. The smallest absolute Gasteiger partial charge is 0.144 e. The Morgan fingerprint density at radius 2 is 1.88 bits per heavy atom. The molecule has 17 heavy (non-hydrogen) atoms. The summed E-state index contributed by atoms with van der Waals surface area (Å²) >= 11 is 6.11. The minimum atomic E-state index is 0.665. The van der Waals surface area contributed by atoms with Gasteiger partial charge in [-0.3, -0.25) is 0 Å². The zero-order chi connectivity index (χ0) is 11.8. The first-order chi connectivity index (χ1) is 8.27. The first kappa shape index (κ1) is 10.3. The summed E-state index contributed by atoms with van der Waals surface area (Å²) in [5.74, 6) is 0. The van der Waals surface area contributed by atoms with Gasteiger partial charge in [0.1, 0.15) is 17.1 Å². The van der Waals surface area contributed by atoms with E-state index in [4.69, 9.17) is 11.6 Å². The van der Waals surface area contributed by atoms with Crippen molar-refractivity contribution >= 4 is 22.6 Å². The first-order valence-electron chi connectivity index (χ1n) is 5.29. The highest BCUT2D eigenvalue weighted by Gasteiger charge is 2.11. The van der Waals surface area contributed by atoms with Gasteiger partial charge in [-0.25, -0.2) is 9.97 Å². The number of nitrogens with zero attached hydrogens (tertiary/aromatic N) is 3. The maximum Gasteiger partial charge on any atom is 0.144 e. The summed E-state index contributed by atoms with van der Waals surface area (Å²) in [6, 6.07) is 11.9. The van der Waals surface area contributed by atoms with Crippen LogP contribution in [-0.2, 0) is 7.05 Å². The molecule has 0 unspecified atom stereocenters. The molecule has 0 N–H and O–H groups in total. The Morgan fingerprint density at radius 1 is 1.12 bits per heavy atom. The fraction of sp³-hybridized carbons (Fsp3) is 0.0769. The molecule has 84 valence electrons. The lowest BCUT2D eigenvalue weighted by Gasteiger charge is -2.02. The van der Waals surface area contributed by atoms with Crippen LogP contribution in [0.5, 0.6) is 0 Å². The van der Waals surface area contributed by atoms with Gasteiger partial charge in [-0.1, -0.05) is 41.9 Å². The van der Waals surface area contributed by atoms with Crippen molar-refractivity contribution in [1.29, 1.82) is 0 Å². The number of hydrogen-bond donors (Lipinski definition) is 0. The molecule has 0 saturated carbocycles. The van der Waals surface area contributed by atoms with Crippen LogP contribution in [0.2, 0.25) is 5.15 Å². The number of hydrogen-bond acceptors (Lipinski definition) is 2. The monoisotopic (exact) mass is 243 g/mol. The second kappa shape index (κ2) is 3.86. The topological polar surface area (TPSA) is 30.7 Å². The standard InChI is InChI=1S/C13H10ClN3/c1-17-11(14)7-10-12(15-8-16-13(10)17)9-5-3-2-4-6-9/h2-8H,1H3.